The molecule has 1 aromatic carbocycles. The first kappa shape index (κ1) is 25.6. The summed E-state index contributed by atoms with van der Waals surface area (Å²) in [5.74, 6) is 0.635. The molecule has 1 heterocycles. The summed E-state index contributed by atoms with van der Waals surface area (Å²) in [5, 5.41) is 11.2. The van der Waals surface area contributed by atoms with Crippen molar-refractivity contribution in [3.63, 3.8) is 0 Å². The lowest BCUT2D eigenvalue weighted by atomic mass is 9.73. The molecular formula is C29H42O4. The average molecular weight is 455 g/mol. The predicted molar refractivity (Wildman–Crippen MR) is 134 cm³/mol. The molecule has 3 rings (SSSR count). The third-order valence-electron chi connectivity index (χ3n) is 7.21. The van der Waals surface area contributed by atoms with E-state index in [1.54, 1.807) is 0 Å². The van der Waals surface area contributed by atoms with Crippen molar-refractivity contribution in [2.45, 2.75) is 98.0 Å². The summed E-state index contributed by atoms with van der Waals surface area (Å²) < 4.78 is 11.4. The highest BCUT2D eigenvalue weighted by Gasteiger charge is 2.36. The number of aromatic hydroxyl groups is 1. The molecule has 1 unspecified atom stereocenters. The van der Waals surface area contributed by atoms with Crippen molar-refractivity contribution < 1.29 is 19.4 Å². The van der Waals surface area contributed by atoms with Gasteiger partial charge in [0.1, 0.15) is 11.5 Å². The lowest BCUT2D eigenvalue weighted by molar-refractivity contribution is -0.144. The van der Waals surface area contributed by atoms with E-state index in [1.165, 1.54) is 5.57 Å². The number of hydrogen-bond acceptors (Lipinski definition) is 4. The fourth-order valence-electron chi connectivity index (χ4n) is 4.81. The zero-order valence-corrected chi connectivity index (χ0v) is 21.2. The number of esters is 1. The quantitative estimate of drug-likeness (QED) is 0.126. The molecule has 2 aliphatic rings. The van der Waals surface area contributed by atoms with Gasteiger partial charge >= 0.3 is 5.97 Å². The Hall–Kier alpha value is -2.07. The topological polar surface area (TPSA) is 59.1 Å². The van der Waals surface area contributed by atoms with Crippen molar-refractivity contribution in [3.05, 3.63) is 47.1 Å². The van der Waals surface area contributed by atoms with Gasteiger partial charge in [0.2, 0.25) is 0 Å². The van der Waals surface area contributed by atoms with Crippen molar-refractivity contribution >= 4 is 5.97 Å². The lowest BCUT2D eigenvalue weighted by Crippen LogP contribution is -2.30. The highest BCUT2D eigenvalue weighted by atomic mass is 16.6. The molecule has 0 aromatic heterocycles. The Balaban J connectivity index is 1.96. The van der Waals surface area contributed by atoms with E-state index in [9.17, 15) is 9.90 Å². The van der Waals surface area contributed by atoms with Crippen LogP contribution in [0.15, 0.2) is 35.9 Å². The highest BCUT2D eigenvalue weighted by molar-refractivity contribution is 5.79. The molecule has 0 spiro atoms. The summed E-state index contributed by atoms with van der Waals surface area (Å²) in [6.07, 6.45) is 10.3. The van der Waals surface area contributed by atoms with Crippen molar-refractivity contribution in [2.24, 2.45) is 11.3 Å². The highest BCUT2D eigenvalue weighted by Crippen LogP contribution is 2.47. The number of phenols is 1. The minimum Gasteiger partial charge on any atom is -0.507 e. The third-order valence-corrected chi connectivity index (χ3v) is 7.21. The Morgan fingerprint density at radius 3 is 2.67 bits per heavy atom. The minimum absolute atomic E-state index is 0.0493. The van der Waals surface area contributed by atoms with Crippen LogP contribution in [0, 0.1) is 11.3 Å². The number of carbonyl (C=O) groups is 1. The second-order valence-electron chi connectivity index (χ2n) is 10.8. The number of unbranched alkanes of at least 4 members (excludes halogenated alkanes) is 2. The average Bonchev–Trinajstić information content (AvgIpc) is 3.57. The van der Waals surface area contributed by atoms with Gasteiger partial charge in [-0.3, -0.25) is 4.79 Å². The molecule has 1 fully saturated rings. The Kier molecular flexibility index (Phi) is 8.44. The molecule has 1 N–H and O–H groups in total. The van der Waals surface area contributed by atoms with Crippen LogP contribution in [-0.2, 0) is 16.0 Å². The molecule has 1 saturated heterocycles. The zero-order chi connectivity index (χ0) is 24.2. The molecule has 1 aliphatic carbocycles. The van der Waals surface area contributed by atoms with Gasteiger partial charge in [0.05, 0.1) is 18.1 Å². The Morgan fingerprint density at radius 2 is 2.03 bits per heavy atom. The van der Waals surface area contributed by atoms with Crippen molar-refractivity contribution in [1.29, 1.82) is 0 Å². The van der Waals surface area contributed by atoms with Crippen LogP contribution >= 0.6 is 0 Å². The van der Waals surface area contributed by atoms with Gasteiger partial charge in [0, 0.05) is 11.5 Å². The lowest BCUT2D eigenvalue weighted by Gasteiger charge is -2.32. The predicted octanol–water partition coefficient (Wildman–Crippen LogP) is 7.25. The number of phenolic OH excluding ortho intramolecular Hbond substituents is 1. The number of aryl methyl sites for hydroxylation is 1. The van der Waals surface area contributed by atoms with Crippen LogP contribution in [0.1, 0.15) is 96.6 Å². The fourth-order valence-corrected chi connectivity index (χ4v) is 4.81. The van der Waals surface area contributed by atoms with Gasteiger partial charge in [-0.2, -0.15) is 0 Å². The van der Waals surface area contributed by atoms with E-state index in [0.29, 0.717) is 12.2 Å². The van der Waals surface area contributed by atoms with Crippen LogP contribution in [0.5, 0.6) is 11.5 Å². The molecule has 0 saturated carbocycles. The van der Waals surface area contributed by atoms with Crippen LogP contribution in [0.25, 0.3) is 0 Å². The van der Waals surface area contributed by atoms with E-state index in [-0.39, 0.29) is 29.7 Å². The molecule has 0 amide bonds. The van der Waals surface area contributed by atoms with Crippen molar-refractivity contribution in [3.8, 4) is 11.5 Å². The van der Waals surface area contributed by atoms with Gasteiger partial charge in [0.25, 0.3) is 0 Å². The second-order valence-corrected chi connectivity index (χ2v) is 10.8. The largest absolute Gasteiger partial charge is 0.507 e. The number of epoxide rings is 1. The van der Waals surface area contributed by atoms with E-state index >= 15 is 0 Å². The number of ether oxygens (including phenoxy) is 2. The second kappa shape index (κ2) is 10.9. The van der Waals surface area contributed by atoms with Crippen molar-refractivity contribution in [1.82, 2.24) is 0 Å². The Bertz CT molecular complexity index is 891. The first-order chi connectivity index (χ1) is 15.6. The molecule has 0 radical (unpaired) electrons. The molecular weight excluding hydrogens is 412 g/mol. The van der Waals surface area contributed by atoms with Crippen LogP contribution < -0.4 is 4.74 Å². The summed E-state index contributed by atoms with van der Waals surface area (Å²) in [6.45, 7) is 15.2. The SMILES string of the molecule is C=C(C)[C@@H]1CCC(C)=C[C@H]1c1c(O)cc(CCCCC)cc1OC(=O)C(C)(C)CCC1CO1. The first-order valence-corrected chi connectivity index (χ1v) is 12.6. The summed E-state index contributed by atoms with van der Waals surface area (Å²) in [6, 6.07) is 3.85. The van der Waals surface area contributed by atoms with Gasteiger partial charge < -0.3 is 14.6 Å². The Morgan fingerprint density at radius 1 is 1.30 bits per heavy atom. The van der Waals surface area contributed by atoms with Crippen LogP contribution in [0.2, 0.25) is 0 Å². The molecule has 0 bridgehead atoms. The van der Waals surface area contributed by atoms with E-state index in [1.807, 2.05) is 26.0 Å². The maximum absolute atomic E-state index is 13.3. The maximum atomic E-state index is 13.3. The molecule has 4 nitrogen and oxygen atoms in total. The summed E-state index contributed by atoms with van der Waals surface area (Å²) in [7, 11) is 0. The van der Waals surface area contributed by atoms with E-state index in [4.69, 9.17) is 9.47 Å². The van der Waals surface area contributed by atoms with Crippen LogP contribution in [0.4, 0.5) is 0 Å². The van der Waals surface area contributed by atoms with Gasteiger partial charge in [-0.05, 0) is 89.8 Å². The van der Waals surface area contributed by atoms with Gasteiger partial charge in [-0.15, -0.1) is 0 Å². The van der Waals surface area contributed by atoms with Crippen LogP contribution in [0.3, 0.4) is 0 Å². The standard InChI is InChI=1S/C29H42O4/c1-7-8-9-10-21-16-25(30)27(24-15-20(4)11-12-23(24)19(2)3)26(17-21)33-28(31)29(5,6)14-13-22-18-32-22/h15-17,22-24,30H,2,7-14,18H2,1,3-6H3/t22?,23-,24+/m0/s1. The van der Waals surface area contributed by atoms with Gasteiger partial charge in [0.15, 0.2) is 0 Å². The summed E-state index contributed by atoms with van der Waals surface area (Å²) >= 11 is 0. The minimum atomic E-state index is -0.622. The molecule has 4 heteroatoms. The molecule has 1 aliphatic heterocycles. The number of hydrogen-bond donors (Lipinski definition) is 1. The molecule has 3 atom stereocenters. The van der Waals surface area contributed by atoms with E-state index in [2.05, 4.69) is 33.4 Å². The normalized spacial score (nSPS) is 22.6. The van der Waals surface area contributed by atoms with Crippen LogP contribution in [-0.4, -0.2) is 23.8 Å². The zero-order valence-electron chi connectivity index (χ0n) is 21.2. The summed E-state index contributed by atoms with van der Waals surface area (Å²) in [5.41, 5.74) is 3.50. The van der Waals surface area contributed by atoms with E-state index < -0.39 is 5.41 Å². The maximum Gasteiger partial charge on any atom is 0.316 e. The first-order valence-electron chi connectivity index (χ1n) is 12.6. The molecule has 33 heavy (non-hydrogen) atoms. The van der Waals surface area contributed by atoms with E-state index in [0.717, 1.165) is 68.3 Å². The molecule has 1 aromatic rings. The van der Waals surface area contributed by atoms with Gasteiger partial charge in [-0.25, -0.2) is 0 Å². The third kappa shape index (κ3) is 6.72. The van der Waals surface area contributed by atoms with Gasteiger partial charge in [-0.1, -0.05) is 43.6 Å². The number of rotatable bonds is 11. The molecule has 182 valence electrons. The monoisotopic (exact) mass is 454 g/mol. The Labute approximate surface area is 200 Å². The number of benzene rings is 1. The summed E-state index contributed by atoms with van der Waals surface area (Å²) in [4.78, 5) is 13.3. The smallest absolute Gasteiger partial charge is 0.316 e. The van der Waals surface area contributed by atoms with Crippen molar-refractivity contribution in [2.75, 3.05) is 6.61 Å². The number of allylic oxidation sites excluding steroid dienone is 3. The fraction of sp³-hybridized carbons (Fsp3) is 0.621. The number of carbonyl (C=O) groups excluding carboxylic acids is 1.